The number of aromatic amines is 1. The van der Waals surface area contributed by atoms with Gasteiger partial charge in [-0.1, -0.05) is 36.0 Å². The van der Waals surface area contributed by atoms with E-state index < -0.39 is 11.4 Å². The van der Waals surface area contributed by atoms with E-state index in [-0.39, 0.29) is 17.5 Å². The number of hydrogen-bond donors (Lipinski definition) is 2. The summed E-state index contributed by atoms with van der Waals surface area (Å²) in [5.41, 5.74) is 4.91. The minimum Gasteiger partial charge on any atom is -0.351 e. The fourth-order valence-corrected chi connectivity index (χ4v) is 5.53. The number of allylic oxidation sites excluding steroid dienone is 4. The zero-order valence-electron chi connectivity index (χ0n) is 23.0. The van der Waals surface area contributed by atoms with Crippen molar-refractivity contribution < 1.29 is 9.18 Å². The number of hydrogen-bond acceptors (Lipinski definition) is 7. The highest BCUT2D eigenvalue weighted by molar-refractivity contribution is 5.98. The van der Waals surface area contributed by atoms with E-state index in [9.17, 15) is 9.18 Å². The lowest BCUT2D eigenvalue weighted by atomic mass is 9.85. The van der Waals surface area contributed by atoms with E-state index >= 15 is 0 Å². The molecule has 10 heteroatoms. The Morgan fingerprint density at radius 2 is 2.00 bits per heavy atom. The van der Waals surface area contributed by atoms with E-state index in [2.05, 4.69) is 70.1 Å². The Labute approximate surface area is 227 Å². The van der Waals surface area contributed by atoms with Gasteiger partial charge in [-0.15, -0.1) is 0 Å². The molecule has 1 saturated heterocycles. The molecule has 39 heavy (non-hydrogen) atoms. The van der Waals surface area contributed by atoms with Gasteiger partial charge in [0.2, 0.25) is 5.95 Å². The summed E-state index contributed by atoms with van der Waals surface area (Å²) in [6.07, 6.45) is 9.51. The molecule has 4 heterocycles. The van der Waals surface area contributed by atoms with Gasteiger partial charge in [0.05, 0.1) is 11.3 Å². The fraction of sp³-hybridized carbons (Fsp3) is 0.414. The van der Waals surface area contributed by atoms with Crippen molar-refractivity contribution in [3.05, 3.63) is 76.9 Å². The van der Waals surface area contributed by atoms with Gasteiger partial charge in [-0.3, -0.25) is 9.69 Å². The van der Waals surface area contributed by atoms with Crippen LogP contribution in [0.5, 0.6) is 0 Å². The molecule has 1 aromatic carbocycles. The number of carbonyl (C=O) groups excluding carboxylic acids is 1. The molecule has 0 spiro atoms. The number of likely N-dealkylation sites (tertiary alicyclic amines) is 1. The Balaban J connectivity index is 1.22. The summed E-state index contributed by atoms with van der Waals surface area (Å²) in [7, 11) is 0. The van der Waals surface area contributed by atoms with Crippen LogP contribution in [-0.2, 0) is 13.1 Å². The van der Waals surface area contributed by atoms with E-state index in [1.54, 1.807) is 4.90 Å². The number of nitrogens with one attached hydrogen (secondary N) is 2. The molecule has 1 amide bonds. The predicted molar refractivity (Wildman–Crippen MR) is 149 cm³/mol. The molecule has 5 rings (SSSR count). The molecule has 2 aromatic heterocycles. The average Bonchev–Trinajstić information content (AvgIpc) is 3.53. The number of halogens is 1. The summed E-state index contributed by atoms with van der Waals surface area (Å²) in [5, 5.41) is 13.7. The van der Waals surface area contributed by atoms with E-state index in [0.29, 0.717) is 30.1 Å². The second-order valence-corrected chi connectivity index (χ2v) is 11.1. The highest BCUT2D eigenvalue weighted by atomic mass is 19.1. The number of nitrogens with zero attached hydrogens (tertiary/aromatic N) is 6. The van der Waals surface area contributed by atoms with E-state index in [4.69, 9.17) is 4.98 Å². The SMILES string of the molecule is C=C/C(C)=C\C(C)=C/CNc1ncc2c(n1)CN(C1CCN(C(=O)c3cc4n[nH]nc4cc3F)C(C)(C)C1)C2. The van der Waals surface area contributed by atoms with Crippen LogP contribution in [0.3, 0.4) is 0 Å². The summed E-state index contributed by atoms with van der Waals surface area (Å²) >= 11 is 0. The van der Waals surface area contributed by atoms with Gasteiger partial charge in [-0.25, -0.2) is 14.4 Å². The molecule has 3 aromatic rings. The summed E-state index contributed by atoms with van der Waals surface area (Å²) < 4.78 is 14.8. The van der Waals surface area contributed by atoms with Crippen LogP contribution in [0.25, 0.3) is 11.0 Å². The molecule has 204 valence electrons. The van der Waals surface area contributed by atoms with Gasteiger partial charge >= 0.3 is 0 Å². The van der Waals surface area contributed by atoms with Crippen LogP contribution in [0.1, 0.15) is 62.2 Å². The molecule has 1 atom stereocenters. The number of carbonyl (C=O) groups is 1. The first-order chi connectivity index (χ1) is 18.6. The third-order valence-electron chi connectivity index (χ3n) is 7.69. The molecule has 0 radical (unpaired) electrons. The molecular formula is C29H35FN8O. The van der Waals surface area contributed by atoms with Crippen molar-refractivity contribution in [2.75, 3.05) is 18.4 Å². The molecule has 1 unspecified atom stereocenters. The molecule has 2 N–H and O–H groups in total. The Morgan fingerprint density at radius 3 is 2.74 bits per heavy atom. The lowest BCUT2D eigenvalue weighted by molar-refractivity contribution is 0.0153. The predicted octanol–water partition coefficient (Wildman–Crippen LogP) is 4.78. The largest absolute Gasteiger partial charge is 0.351 e. The number of piperidine rings is 1. The zero-order chi connectivity index (χ0) is 27.7. The zero-order valence-corrected chi connectivity index (χ0v) is 23.0. The first kappa shape index (κ1) is 26.7. The smallest absolute Gasteiger partial charge is 0.257 e. The van der Waals surface area contributed by atoms with Crippen molar-refractivity contribution >= 4 is 22.9 Å². The quantitative estimate of drug-likeness (QED) is 0.424. The first-order valence-corrected chi connectivity index (χ1v) is 13.3. The Morgan fingerprint density at radius 1 is 1.23 bits per heavy atom. The lowest BCUT2D eigenvalue weighted by Gasteiger charge is -2.47. The topological polar surface area (TPSA) is 103 Å². The first-order valence-electron chi connectivity index (χ1n) is 13.3. The Hall–Kier alpha value is -3.92. The van der Waals surface area contributed by atoms with Gasteiger partial charge < -0.3 is 10.2 Å². The Kier molecular flexibility index (Phi) is 7.31. The van der Waals surface area contributed by atoms with E-state index in [1.165, 1.54) is 12.1 Å². The third-order valence-corrected chi connectivity index (χ3v) is 7.69. The van der Waals surface area contributed by atoms with E-state index in [0.717, 1.165) is 48.3 Å². The van der Waals surface area contributed by atoms with Crippen molar-refractivity contribution in [2.24, 2.45) is 0 Å². The normalized spacial score (nSPS) is 19.8. The molecule has 0 aliphatic carbocycles. The second kappa shape index (κ2) is 10.7. The van der Waals surface area contributed by atoms with Crippen LogP contribution in [-0.4, -0.2) is 65.8 Å². The van der Waals surface area contributed by atoms with Gasteiger partial charge in [0.25, 0.3) is 5.91 Å². The van der Waals surface area contributed by atoms with Crippen molar-refractivity contribution in [3.8, 4) is 0 Å². The van der Waals surface area contributed by atoms with Gasteiger partial charge in [0, 0.05) is 55.6 Å². The molecule has 1 fully saturated rings. The number of fused-ring (bicyclic) bond motifs is 2. The minimum atomic E-state index is -0.578. The molecule has 0 bridgehead atoms. The number of benzene rings is 1. The molecule has 9 nitrogen and oxygen atoms in total. The monoisotopic (exact) mass is 530 g/mol. The molecular weight excluding hydrogens is 495 g/mol. The van der Waals surface area contributed by atoms with Crippen molar-refractivity contribution in [1.82, 2.24) is 35.2 Å². The number of amides is 1. The number of aromatic nitrogens is 5. The van der Waals surface area contributed by atoms with Gasteiger partial charge in [-0.2, -0.15) is 15.4 Å². The third kappa shape index (κ3) is 5.61. The lowest BCUT2D eigenvalue weighted by Crippen LogP contribution is -2.56. The average molecular weight is 531 g/mol. The fourth-order valence-electron chi connectivity index (χ4n) is 5.53. The van der Waals surface area contributed by atoms with Crippen LogP contribution in [0.4, 0.5) is 10.3 Å². The maximum Gasteiger partial charge on any atom is 0.257 e. The van der Waals surface area contributed by atoms with Gasteiger partial charge in [-0.05, 0) is 46.6 Å². The highest BCUT2D eigenvalue weighted by Gasteiger charge is 2.41. The van der Waals surface area contributed by atoms with Crippen molar-refractivity contribution in [1.29, 1.82) is 0 Å². The van der Waals surface area contributed by atoms with Crippen molar-refractivity contribution in [2.45, 2.75) is 65.2 Å². The van der Waals surface area contributed by atoms with Gasteiger partial charge in [0.1, 0.15) is 16.9 Å². The number of rotatable bonds is 7. The van der Waals surface area contributed by atoms with Crippen molar-refractivity contribution in [3.63, 3.8) is 0 Å². The van der Waals surface area contributed by atoms with Crippen LogP contribution >= 0.6 is 0 Å². The Bertz CT molecular complexity index is 1470. The summed E-state index contributed by atoms with van der Waals surface area (Å²) in [5.74, 6) is -0.270. The number of H-pyrrole nitrogens is 1. The molecule has 2 aliphatic rings. The summed E-state index contributed by atoms with van der Waals surface area (Å²) in [6, 6.07) is 3.02. The van der Waals surface area contributed by atoms with Crippen LogP contribution < -0.4 is 5.32 Å². The maximum atomic E-state index is 14.8. The maximum absolute atomic E-state index is 14.8. The van der Waals surface area contributed by atoms with Crippen LogP contribution in [0.2, 0.25) is 0 Å². The molecule has 2 aliphatic heterocycles. The van der Waals surface area contributed by atoms with Crippen LogP contribution in [0, 0.1) is 5.82 Å². The number of anilines is 1. The highest BCUT2D eigenvalue weighted by Crippen LogP contribution is 2.35. The molecule has 0 saturated carbocycles. The van der Waals surface area contributed by atoms with E-state index in [1.807, 2.05) is 19.2 Å². The minimum absolute atomic E-state index is 0.0312. The second-order valence-electron chi connectivity index (χ2n) is 11.1. The standard InChI is InChI=1S/C29H35FN8O/c1-6-18(2)11-19(3)7-9-31-28-32-15-20-16-37(17-26(20)33-28)21-8-10-38(29(4,5)14-21)27(39)22-12-24-25(13-23(22)30)35-36-34-24/h6-7,11-13,15,21H,1,8-10,14,16-17H2,2-5H3,(H,31,32,33)(H,34,35,36)/b18-11-,19-7-. The van der Waals surface area contributed by atoms with Gasteiger partial charge in [0.15, 0.2) is 0 Å². The summed E-state index contributed by atoms with van der Waals surface area (Å²) in [4.78, 5) is 26.9. The van der Waals surface area contributed by atoms with Crippen LogP contribution in [0.15, 0.2) is 54.3 Å². The summed E-state index contributed by atoms with van der Waals surface area (Å²) in [6.45, 7) is 14.7.